The zero-order valence-electron chi connectivity index (χ0n) is 14.3. The molecule has 1 amide bonds. The lowest BCUT2D eigenvalue weighted by molar-refractivity contribution is 0.0913. The van der Waals surface area contributed by atoms with Crippen molar-refractivity contribution in [3.8, 4) is 0 Å². The van der Waals surface area contributed by atoms with E-state index in [1.807, 2.05) is 19.2 Å². The summed E-state index contributed by atoms with van der Waals surface area (Å²) in [5.41, 5.74) is 2.53. The van der Waals surface area contributed by atoms with Gasteiger partial charge in [-0.2, -0.15) is 5.10 Å². The molecule has 3 heterocycles. The minimum atomic E-state index is -0.133. The maximum absolute atomic E-state index is 13.1. The van der Waals surface area contributed by atoms with Gasteiger partial charge in [0.25, 0.3) is 5.91 Å². The lowest BCUT2D eigenvalue weighted by Gasteiger charge is -2.22. The summed E-state index contributed by atoms with van der Waals surface area (Å²) >= 11 is 1.54. The van der Waals surface area contributed by atoms with Gasteiger partial charge in [0.2, 0.25) is 0 Å². The molecule has 4 rings (SSSR count). The predicted molar refractivity (Wildman–Crippen MR) is 98.2 cm³/mol. The molecule has 1 aromatic carbocycles. The normalized spacial score (nSPS) is 17.3. The predicted octanol–water partition coefficient (Wildman–Crippen LogP) is 3.16. The van der Waals surface area contributed by atoms with E-state index in [-0.39, 0.29) is 12.0 Å². The lowest BCUT2D eigenvalue weighted by atomic mass is 10.2. The number of hydrogen-bond acceptors (Lipinski definition) is 5. The van der Waals surface area contributed by atoms with E-state index in [2.05, 4.69) is 23.1 Å². The molecule has 1 aliphatic heterocycles. The lowest BCUT2D eigenvalue weighted by Crippen LogP contribution is -2.37. The van der Waals surface area contributed by atoms with Crippen molar-refractivity contribution in [2.45, 2.75) is 25.9 Å². The molecule has 130 valence electrons. The SMILES string of the molecule is Cc1ccc2nc(N(C[C@H]3CCCO3)C(=O)c3ccn(C)n3)sc2c1. The molecule has 25 heavy (non-hydrogen) atoms. The van der Waals surface area contributed by atoms with Crippen molar-refractivity contribution in [2.24, 2.45) is 7.05 Å². The number of carbonyl (C=O) groups is 1. The zero-order chi connectivity index (χ0) is 17.4. The number of aromatic nitrogens is 3. The van der Waals surface area contributed by atoms with Crippen LogP contribution in [0.4, 0.5) is 5.13 Å². The quantitative estimate of drug-likeness (QED) is 0.720. The number of aryl methyl sites for hydroxylation is 2. The van der Waals surface area contributed by atoms with E-state index < -0.39 is 0 Å². The first-order chi connectivity index (χ1) is 12.1. The second-order valence-electron chi connectivity index (χ2n) is 6.39. The molecule has 0 saturated carbocycles. The minimum Gasteiger partial charge on any atom is -0.376 e. The molecule has 7 heteroatoms. The summed E-state index contributed by atoms with van der Waals surface area (Å²) in [6, 6.07) is 7.88. The Balaban J connectivity index is 1.70. The Hall–Kier alpha value is -2.25. The smallest absolute Gasteiger partial charge is 0.280 e. The second kappa shape index (κ2) is 6.57. The first-order valence-electron chi connectivity index (χ1n) is 8.40. The number of hydrogen-bond donors (Lipinski definition) is 0. The summed E-state index contributed by atoms with van der Waals surface area (Å²) in [4.78, 5) is 19.5. The van der Waals surface area contributed by atoms with E-state index in [1.165, 1.54) is 16.9 Å². The highest BCUT2D eigenvalue weighted by Crippen LogP contribution is 2.31. The van der Waals surface area contributed by atoms with Gasteiger partial charge in [0.15, 0.2) is 10.8 Å². The number of rotatable bonds is 4. The molecule has 0 aliphatic carbocycles. The van der Waals surface area contributed by atoms with E-state index in [0.717, 1.165) is 29.7 Å². The summed E-state index contributed by atoms with van der Waals surface area (Å²) in [5, 5.41) is 4.96. The topological polar surface area (TPSA) is 60.3 Å². The van der Waals surface area contributed by atoms with Crippen LogP contribution in [-0.4, -0.2) is 39.9 Å². The molecule has 0 spiro atoms. The van der Waals surface area contributed by atoms with Crippen LogP contribution in [0.15, 0.2) is 30.5 Å². The number of nitrogens with zero attached hydrogens (tertiary/aromatic N) is 4. The molecule has 1 fully saturated rings. The molecular formula is C18H20N4O2S. The van der Waals surface area contributed by atoms with Gasteiger partial charge in [-0.25, -0.2) is 4.98 Å². The van der Waals surface area contributed by atoms with Crippen molar-refractivity contribution >= 4 is 32.6 Å². The summed E-state index contributed by atoms with van der Waals surface area (Å²) < 4.78 is 8.47. The molecule has 0 bridgehead atoms. The van der Waals surface area contributed by atoms with Crippen molar-refractivity contribution in [1.29, 1.82) is 0 Å². The Bertz CT molecular complexity index is 911. The van der Waals surface area contributed by atoms with Crippen molar-refractivity contribution < 1.29 is 9.53 Å². The fourth-order valence-corrected chi connectivity index (χ4v) is 4.11. The Kier molecular flexibility index (Phi) is 4.27. The van der Waals surface area contributed by atoms with Crippen LogP contribution in [0, 0.1) is 6.92 Å². The summed E-state index contributed by atoms with van der Waals surface area (Å²) in [6.07, 6.45) is 3.84. The van der Waals surface area contributed by atoms with E-state index in [4.69, 9.17) is 4.74 Å². The average Bonchev–Trinajstić information content (AvgIpc) is 3.31. The average molecular weight is 356 g/mol. The fourth-order valence-electron chi connectivity index (χ4n) is 3.04. The summed E-state index contributed by atoms with van der Waals surface area (Å²) in [6.45, 7) is 3.32. The van der Waals surface area contributed by atoms with Gasteiger partial charge < -0.3 is 4.74 Å². The summed E-state index contributed by atoms with van der Waals surface area (Å²) in [5.74, 6) is -0.133. The number of carbonyl (C=O) groups excluding carboxylic acids is 1. The molecule has 6 nitrogen and oxygen atoms in total. The highest BCUT2D eigenvalue weighted by atomic mass is 32.1. The standard InChI is InChI=1S/C18H20N4O2S/c1-12-5-6-14-16(10-12)25-18(19-14)22(11-13-4-3-9-24-13)17(23)15-7-8-21(2)20-15/h5-8,10,13H,3-4,9,11H2,1-2H3/t13-/m1/s1. The van der Waals surface area contributed by atoms with Gasteiger partial charge in [-0.05, 0) is 43.5 Å². The Morgan fingerprint density at radius 1 is 1.44 bits per heavy atom. The molecular weight excluding hydrogens is 336 g/mol. The molecule has 0 N–H and O–H groups in total. The molecule has 1 atom stereocenters. The van der Waals surface area contributed by atoms with E-state index >= 15 is 0 Å². The van der Waals surface area contributed by atoms with Crippen LogP contribution in [0.3, 0.4) is 0 Å². The van der Waals surface area contributed by atoms with E-state index in [9.17, 15) is 4.79 Å². The summed E-state index contributed by atoms with van der Waals surface area (Å²) in [7, 11) is 1.81. The minimum absolute atomic E-state index is 0.0569. The molecule has 2 aromatic heterocycles. The third kappa shape index (κ3) is 3.29. The number of fused-ring (bicyclic) bond motifs is 1. The molecule has 3 aromatic rings. The molecule has 0 unspecified atom stereocenters. The molecule has 1 saturated heterocycles. The number of anilines is 1. The van der Waals surface area contributed by atoms with Gasteiger partial charge in [0.05, 0.1) is 22.9 Å². The zero-order valence-corrected chi connectivity index (χ0v) is 15.1. The van der Waals surface area contributed by atoms with Gasteiger partial charge in [0, 0.05) is 19.9 Å². The van der Waals surface area contributed by atoms with Crippen molar-refractivity contribution in [1.82, 2.24) is 14.8 Å². The Morgan fingerprint density at radius 2 is 2.32 bits per heavy atom. The fraction of sp³-hybridized carbons (Fsp3) is 0.389. The van der Waals surface area contributed by atoms with Crippen LogP contribution in [0.25, 0.3) is 10.2 Å². The molecule has 0 radical (unpaired) electrons. The highest BCUT2D eigenvalue weighted by molar-refractivity contribution is 7.22. The second-order valence-corrected chi connectivity index (χ2v) is 7.40. The number of benzene rings is 1. The first-order valence-corrected chi connectivity index (χ1v) is 9.22. The van der Waals surface area contributed by atoms with Gasteiger partial charge in [-0.1, -0.05) is 17.4 Å². The third-order valence-electron chi connectivity index (χ3n) is 4.35. The van der Waals surface area contributed by atoms with Gasteiger partial charge in [-0.15, -0.1) is 0 Å². The van der Waals surface area contributed by atoms with Crippen molar-refractivity contribution in [2.75, 3.05) is 18.1 Å². The van der Waals surface area contributed by atoms with Crippen LogP contribution in [0.1, 0.15) is 28.9 Å². The Labute approximate surface area is 150 Å². The number of thiazole rings is 1. The maximum Gasteiger partial charge on any atom is 0.280 e. The molecule has 1 aliphatic rings. The van der Waals surface area contributed by atoms with Crippen LogP contribution in [-0.2, 0) is 11.8 Å². The third-order valence-corrected chi connectivity index (χ3v) is 5.39. The van der Waals surface area contributed by atoms with E-state index in [0.29, 0.717) is 17.4 Å². The monoisotopic (exact) mass is 356 g/mol. The van der Waals surface area contributed by atoms with Gasteiger partial charge in [0.1, 0.15) is 0 Å². The maximum atomic E-state index is 13.1. The van der Waals surface area contributed by atoms with Crippen molar-refractivity contribution in [3.63, 3.8) is 0 Å². The first kappa shape index (κ1) is 16.2. The highest BCUT2D eigenvalue weighted by Gasteiger charge is 2.28. The largest absolute Gasteiger partial charge is 0.376 e. The van der Waals surface area contributed by atoms with Crippen LogP contribution < -0.4 is 4.90 Å². The van der Waals surface area contributed by atoms with Crippen LogP contribution >= 0.6 is 11.3 Å². The van der Waals surface area contributed by atoms with Gasteiger partial charge in [-0.3, -0.25) is 14.4 Å². The van der Waals surface area contributed by atoms with Crippen molar-refractivity contribution in [3.05, 3.63) is 41.7 Å². The van der Waals surface area contributed by atoms with Crippen LogP contribution in [0.5, 0.6) is 0 Å². The number of ether oxygens (including phenoxy) is 1. The van der Waals surface area contributed by atoms with E-state index in [1.54, 1.807) is 21.8 Å². The Morgan fingerprint density at radius 3 is 3.04 bits per heavy atom. The number of amides is 1. The van der Waals surface area contributed by atoms with Gasteiger partial charge >= 0.3 is 0 Å². The van der Waals surface area contributed by atoms with Crippen LogP contribution in [0.2, 0.25) is 0 Å².